The van der Waals surface area contributed by atoms with Gasteiger partial charge in [0.2, 0.25) is 0 Å². The first-order valence-electron chi connectivity index (χ1n) is 4.61. The molecule has 0 amide bonds. The highest BCUT2D eigenvalue weighted by atomic mass is 35.5. The number of rotatable bonds is 4. The number of benzene rings is 1. The van der Waals surface area contributed by atoms with E-state index in [1.54, 1.807) is 0 Å². The summed E-state index contributed by atoms with van der Waals surface area (Å²) in [4.78, 5) is 0. The minimum absolute atomic E-state index is 0.415. The molecular formula is C12H15ClO. The van der Waals surface area contributed by atoms with Crippen LogP contribution in [0.2, 0.25) is 0 Å². The van der Waals surface area contributed by atoms with Gasteiger partial charge in [-0.15, -0.1) is 11.6 Å². The molecule has 0 aliphatic rings. The van der Waals surface area contributed by atoms with Crippen molar-refractivity contribution in [3.05, 3.63) is 48.0 Å². The molecule has 2 heteroatoms. The van der Waals surface area contributed by atoms with Gasteiger partial charge in [-0.1, -0.05) is 36.9 Å². The van der Waals surface area contributed by atoms with E-state index in [2.05, 4.69) is 6.58 Å². The van der Waals surface area contributed by atoms with E-state index in [-0.39, 0.29) is 0 Å². The Kier molecular flexibility index (Phi) is 3.73. The lowest BCUT2D eigenvalue weighted by Gasteiger charge is -2.28. The SMILES string of the molecule is C=C(C)C(O)(CCCl)c1ccccc1. The molecule has 1 rings (SSSR count). The molecular weight excluding hydrogens is 196 g/mol. The lowest BCUT2D eigenvalue weighted by Crippen LogP contribution is -2.27. The monoisotopic (exact) mass is 210 g/mol. The van der Waals surface area contributed by atoms with Crippen molar-refractivity contribution in [3.8, 4) is 0 Å². The Bertz CT molecular complexity index is 307. The predicted molar refractivity (Wildman–Crippen MR) is 60.5 cm³/mol. The molecule has 0 saturated heterocycles. The van der Waals surface area contributed by atoms with Crippen molar-refractivity contribution in [2.45, 2.75) is 18.9 Å². The number of halogens is 1. The molecule has 1 nitrogen and oxygen atoms in total. The lowest BCUT2D eigenvalue weighted by molar-refractivity contribution is 0.0734. The van der Waals surface area contributed by atoms with Gasteiger partial charge in [-0.3, -0.25) is 0 Å². The fraction of sp³-hybridized carbons (Fsp3) is 0.333. The highest BCUT2D eigenvalue weighted by molar-refractivity contribution is 6.17. The molecule has 0 radical (unpaired) electrons. The van der Waals surface area contributed by atoms with Gasteiger partial charge in [0.25, 0.3) is 0 Å². The Balaban J connectivity index is 3.06. The van der Waals surface area contributed by atoms with E-state index < -0.39 is 5.60 Å². The summed E-state index contributed by atoms with van der Waals surface area (Å²) >= 11 is 5.68. The first kappa shape index (κ1) is 11.3. The molecule has 76 valence electrons. The zero-order valence-electron chi connectivity index (χ0n) is 8.33. The molecule has 14 heavy (non-hydrogen) atoms. The fourth-order valence-corrected chi connectivity index (χ4v) is 1.73. The number of hydrogen-bond donors (Lipinski definition) is 1. The fourth-order valence-electron chi connectivity index (χ4n) is 1.45. The van der Waals surface area contributed by atoms with Crippen LogP contribution in [0.4, 0.5) is 0 Å². The molecule has 1 N–H and O–H groups in total. The summed E-state index contributed by atoms with van der Waals surface area (Å²) in [6.07, 6.45) is 0.494. The van der Waals surface area contributed by atoms with Crippen LogP contribution in [0.25, 0.3) is 0 Å². The van der Waals surface area contributed by atoms with Gasteiger partial charge in [0.1, 0.15) is 5.60 Å². The second-order valence-corrected chi connectivity index (χ2v) is 3.82. The van der Waals surface area contributed by atoms with Crippen LogP contribution in [0.3, 0.4) is 0 Å². The van der Waals surface area contributed by atoms with E-state index in [1.165, 1.54) is 0 Å². The van der Waals surface area contributed by atoms with Crippen LogP contribution >= 0.6 is 11.6 Å². The minimum Gasteiger partial charge on any atom is -0.381 e. The molecule has 0 aromatic heterocycles. The molecule has 1 aromatic carbocycles. The van der Waals surface area contributed by atoms with Crippen LogP contribution in [0.15, 0.2) is 42.5 Å². The van der Waals surface area contributed by atoms with Crippen molar-refractivity contribution >= 4 is 11.6 Å². The third-order valence-corrected chi connectivity index (χ3v) is 2.60. The molecule has 1 atom stereocenters. The van der Waals surface area contributed by atoms with Crippen LogP contribution in [0, 0.1) is 0 Å². The second kappa shape index (κ2) is 4.63. The average Bonchev–Trinajstić information content (AvgIpc) is 2.19. The maximum Gasteiger partial charge on any atom is 0.111 e. The van der Waals surface area contributed by atoms with Gasteiger partial charge in [-0.25, -0.2) is 0 Å². The Morgan fingerprint density at radius 3 is 2.43 bits per heavy atom. The van der Waals surface area contributed by atoms with Crippen LogP contribution in [-0.4, -0.2) is 11.0 Å². The first-order valence-corrected chi connectivity index (χ1v) is 5.14. The lowest BCUT2D eigenvalue weighted by atomic mass is 9.85. The van der Waals surface area contributed by atoms with Crippen molar-refractivity contribution in [2.75, 3.05) is 5.88 Å². The van der Waals surface area contributed by atoms with E-state index >= 15 is 0 Å². The normalized spacial score (nSPS) is 14.8. The smallest absolute Gasteiger partial charge is 0.111 e. The number of alkyl halides is 1. The van der Waals surface area contributed by atoms with Crippen LogP contribution in [-0.2, 0) is 5.60 Å². The van der Waals surface area contributed by atoms with Crippen LogP contribution in [0.5, 0.6) is 0 Å². The number of aliphatic hydroxyl groups is 1. The molecule has 0 saturated carbocycles. The molecule has 0 fully saturated rings. The van der Waals surface area contributed by atoms with Gasteiger partial charge in [0.05, 0.1) is 0 Å². The zero-order valence-corrected chi connectivity index (χ0v) is 9.09. The average molecular weight is 211 g/mol. The van der Waals surface area contributed by atoms with Gasteiger partial charge >= 0.3 is 0 Å². The Morgan fingerprint density at radius 2 is 2.00 bits per heavy atom. The summed E-state index contributed by atoms with van der Waals surface area (Å²) in [5.74, 6) is 0.415. The molecule has 0 spiro atoms. The molecule has 0 aliphatic heterocycles. The van der Waals surface area contributed by atoms with E-state index in [0.717, 1.165) is 11.1 Å². The summed E-state index contributed by atoms with van der Waals surface area (Å²) in [6, 6.07) is 9.50. The van der Waals surface area contributed by atoms with Crippen molar-refractivity contribution in [3.63, 3.8) is 0 Å². The molecule has 1 unspecified atom stereocenters. The largest absolute Gasteiger partial charge is 0.381 e. The van der Waals surface area contributed by atoms with E-state index in [9.17, 15) is 5.11 Å². The van der Waals surface area contributed by atoms with Gasteiger partial charge in [0, 0.05) is 5.88 Å². The van der Waals surface area contributed by atoms with Crippen LogP contribution < -0.4 is 0 Å². The molecule has 0 heterocycles. The molecule has 0 bridgehead atoms. The van der Waals surface area contributed by atoms with Gasteiger partial charge in [-0.05, 0) is 24.5 Å². The summed E-state index contributed by atoms with van der Waals surface area (Å²) in [7, 11) is 0. The maximum absolute atomic E-state index is 10.4. The predicted octanol–water partition coefficient (Wildman–Crippen LogP) is 3.08. The maximum atomic E-state index is 10.4. The number of hydrogen-bond acceptors (Lipinski definition) is 1. The summed E-state index contributed by atoms with van der Waals surface area (Å²) in [6.45, 7) is 5.63. The summed E-state index contributed by atoms with van der Waals surface area (Å²) in [5, 5.41) is 10.4. The molecule has 1 aromatic rings. The Hall–Kier alpha value is -0.790. The van der Waals surface area contributed by atoms with E-state index in [4.69, 9.17) is 11.6 Å². The van der Waals surface area contributed by atoms with Crippen molar-refractivity contribution in [1.29, 1.82) is 0 Å². The van der Waals surface area contributed by atoms with Crippen molar-refractivity contribution < 1.29 is 5.11 Å². The molecule has 0 aliphatic carbocycles. The van der Waals surface area contributed by atoms with Crippen molar-refractivity contribution in [2.24, 2.45) is 0 Å². The first-order chi connectivity index (χ1) is 6.61. The van der Waals surface area contributed by atoms with E-state index in [1.807, 2.05) is 37.3 Å². The quantitative estimate of drug-likeness (QED) is 0.598. The van der Waals surface area contributed by atoms with E-state index in [0.29, 0.717) is 12.3 Å². The third-order valence-electron chi connectivity index (χ3n) is 2.41. The Morgan fingerprint density at radius 1 is 1.43 bits per heavy atom. The van der Waals surface area contributed by atoms with Gasteiger partial charge in [0.15, 0.2) is 0 Å². The Labute approximate surface area is 90.0 Å². The minimum atomic E-state index is -0.983. The zero-order chi connectivity index (χ0) is 10.6. The highest BCUT2D eigenvalue weighted by Gasteiger charge is 2.28. The summed E-state index contributed by atoms with van der Waals surface area (Å²) in [5.41, 5.74) is 0.598. The van der Waals surface area contributed by atoms with Gasteiger partial charge < -0.3 is 5.11 Å². The standard InChI is InChI=1S/C12H15ClO/c1-10(2)12(14,8-9-13)11-6-4-3-5-7-11/h3-7,14H,1,8-9H2,2H3. The summed E-state index contributed by atoms with van der Waals surface area (Å²) < 4.78 is 0. The second-order valence-electron chi connectivity index (χ2n) is 3.45. The third kappa shape index (κ3) is 2.17. The van der Waals surface area contributed by atoms with Gasteiger partial charge in [-0.2, -0.15) is 0 Å². The van der Waals surface area contributed by atoms with Crippen LogP contribution in [0.1, 0.15) is 18.9 Å². The highest BCUT2D eigenvalue weighted by Crippen LogP contribution is 2.31. The van der Waals surface area contributed by atoms with Crippen molar-refractivity contribution in [1.82, 2.24) is 0 Å². The topological polar surface area (TPSA) is 20.2 Å².